The molecule has 0 aromatic carbocycles. The maximum absolute atomic E-state index is 4.56. The van der Waals surface area contributed by atoms with Gasteiger partial charge in [0.1, 0.15) is 0 Å². The van der Waals surface area contributed by atoms with Gasteiger partial charge in [-0.2, -0.15) is 0 Å². The van der Waals surface area contributed by atoms with E-state index in [1.165, 1.54) is 41.3 Å². The molecule has 0 unspecified atom stereocenters. The number of thiazole rings is 1. The first-order valence-electron chi connectivity index (χ1n) is 6.33. The van der Waals surface area contributed by atoms with Crippen LogP contribution in [0.1, 0.15) is 55.1 Å². The average molecular weight is 240 g/mol. The third-order valence-electron chi connectivity index (χ3n) is 2.83. The molecule has 0 spiro atoms. The first kappa shape index (κ1) is 13.7. The molecule has 2 nitrogen and oxygen atoms in total. The fourth-order valence-electron chi connectivity index (χ4n) is 2.02. The van der Waals surface area contributed by atoms with Crippen molar-refractivity contribution in [3.63, 3.8) is 0 Å². The third-order valence-corrected chi connectivity index (χ3v) is 3.76. The topological polar surface area (TPSA) is 24.9 Å². The van der Waals surface area contributed by atoms with Crippen LogP contribution in [0.5, 0.6) is 0 Å². The highest BCUT2D eigenvalue weighted by Crippen LogP contribution is 2.16. The zero-order chi connectivity index (χ0) is 12.0. The number of nitrogens with zero attached hydrogens (tertiary/aromatic N) is 1. The molecule has 0 atom stereocenters. The standard InChI is InChI=1S/C13H24N2S/c1-5-7-12(8-6-2)14-9-13-10(3)16-11(4)15-13/h12,14H,5-9H2,1-4H3. The predicted octanol–water partition coefficient (Wildman–Crippen LogP) is 3.82. The lowest BCUT2D eigenvalue weighted by atomic mass is 10.1. The summed E-state index contributed by atoms with van der Waals surface area (Å²) in [7, 11) is 0. The van der Waals surface area contributed by atoms with Crippen LogP contribution in [0.4, 0.5) is 0 Å². The van der Waals surface area contributed by atoms with E-state index in [1.807, 2.05) is 0 Å². The van der Waals surface area contributed by atoms with Gasteiger partial charge in [0.05, 0.1) is 10.7 Å². The zero-order valence-electron chi connectivity index (χ0n) is 11.0. The van der Waals surface area contributed by atoms with Gasteiger partial charge in [0, 0.05) is 17.5 Å². The van der Waals surface area contributed by atoms with Crippen molar-refractivity contribution in [3.8, 4) is 0 Å². The normalized spacial score (nSPS) is 11.3. The van der Waals surface area contributed by atoms with Gasteiger partial charge < -0.3 is 5.32 Å². The summed E-state index contributed by atoms with van der Waals surface area (Å²) in [6, 6.07) is 0.663. The van der Waals surface area contributed by atoms with Crippen LogP contribution in [0.25, 0.3) is 0 Å². The number of aromatic nitrogens is 1. The maximum atomic E-state index is 4.56. The minimum atomic E-state index is 0.663. The molecule has 0 bridgehead atoms. The lowest BCUT2D eigenvalue weighted by Gasteiger charge is -2.16. The molecule has 92 valence electrons. The van der Waals surface area contributed by atoms with E-state index in [2.05, 4.69) is 38.0 Å². The van der Waals surface area contributed by atoms with Gasteiger partial charge in [-0.15, -0.1) is 11.3 Å². The Hall–Kier alpha value is -0.410. The quantitative estimate of drug-likeness (QED) is 0.783. The molecule has 3 heteroatoms. The molecule has 1 N–H and O–H groups in total. The van der Waals surface area contributed by atoms with Crippen LogP contribution < -0.4 is 5.32 Å². The number of aryl methyl sites for hydroxylation is 2. The van der Waals surface area contributed by atoms with E-state index in [0.717, 1.165) is 6.54 Å². The molecule has 0 saturated heterocycles. The molecule has 0 aliphatic heterocycles. The molecule has 1 aromatic rings. The highest BCUT2D eigenvalue weighted by Gasteiger charge is 2.09. The Balaban J connectivity index is 2.44. The molecule has 0 aliphatic rings. The van der Waals surface area contributed by atoms with Gasteiger partial charge in [-0.1, -0.05) is 26.7 Å². The number of nitrogens with one attached hydrogen (secondary N) is 1. The highest BCUT2D eigenvalue weighted by atomic mass is 32.1. The molecule has 0 fully saturated rings. The fourth-order valence-corrected chi connectivity index (χ4v) is 2.86. The van der Waals surface area contributed by atoms with Crippen LogP contribution in [0.3, 0.4) is 0 Å². The van der Waals surface area contributed by atoms with E-state index in [0.29, 0.717) is 6.04 Å². The largest absolute Gasteiger partial charge is 0.308 e. The lowest BCUT2D eigenvalue weighted by Crippen LogP contribution is -2.28. The molecule has 1 rings (SSSR count). The maximum Gasteiger partial charge on any atom is 0.0900 e. The highest BCUT2D eigenvalue weighted by molar-refractivity contribution is 7.11. The monoisotopic (exact) mass is 240 g/mol. The summed E-state index contributed by atoms with van der Waals surface area (Å²) in [5.74, 6) is 0. The predicted molar refractivity (Wildman–Crippen MR) is 72.0 cm³/mol. The van der Waals surface area contributed by atoms with Gasteiger partial charge in [0.15, 0.2) is 0 Å². The van der Waals surface area contributed by atoms with Crippen LogP contribution in [0, 0.1) is 13.8 Å². The minimum Gasteiger partial charge on any atom is -0.308 e. The Labute approximate surface area is 103 Å². The summed E-state index contributed by atoms with van der Waals surface area (Å²) >= 11 is 1.80. The van der Waals surface area contributed by atoms with Crippen molar-refractivity contribution >= 4 is 11.3 Å². The van der Waals surface area contributed by atoms with Crippen LogP contribution >= 0.6 is 11.3 Å². The first-order valence-corrected chi connectivity index (χ1v) is 7.15. The van der Waals surface area contributed by atoms with Crippen molar-refractivity contribution in [2.45, 2.75) is 66.0 Å². The van der Waals surface area contributed by atoms with E-state index in [-0.39, 0.29) is 0 Å². The molecular formula is C13H24N2S. The second-order valence-electron chi connectivity index (χ2n) is 4.39. The van der Waals surface area contributed by atoms with Crippen molar-refractivity contribution in [3.05, 3.63) is 15.6 Å². The van der Waals surface area contributed by atoms with Crippen LogP contribution in [-0.2, 0) is 6.54 Å². The fraction of sp³-hybridized carbons (Fsp3) is 0.769. The van der Waals surface area contributed by atoms with Crippen molar-refractivity contribution < 1.29 is 0 Å². The minimum absolute atomic E-state index is 0.663. The summed E-state index contributed by atoms with van der Waals surface area (Å²) in [6.07, 6.45) is 5.06. The van der Waals surface area contributed by atoms with Gasteiger partial charge in [-0.05, 0) is 26.7 Å². The molecular weight excluding hydrogens is 216 g/mol. The van der Waals surface area contributed by atoms with Gasteiger partial charge >= 0.3 is 0 Å². The second-order valence-corrected chi connectivity index (χ2v) is 5.80. The van der Waals surface area contributed by atoms with Crippen molar-refractivity contribution in [2.75, 3.05) is 0 Å². The number of rotatable bonds is 7. The van der Waals surface area contributed by atoms with Gasteiger partial charge in [0.2, 0.25) is 0 Å². The van der Waals surface area contributed by atoms with Gasteiger partial charge in [0.25, 0.3) is 0 Å². The summed E-state index contributed by atoms with van der Waals surface area (Å²) in [6.45, 7) is 9.68. The van der Waals surface area contributed by atoms with Crippen molar-refractivity contribution in [1.29, 1.82) is 0 Å². The summed E-state index contributed by atoms with van der Waals surface area (Å²) in [4.78, 5) is 5.92. The SMILES string of the molecule is CCCC(CCC)NCc1nc(C)sc1C. The molecule has 1 heterocycles. The summed E-state index contributed by atoms with van der Waals surface area (Å²) in [5.41, 5.74) is 1.24. The average Bonchev–Trinajstić information content (AvgIpc) is 2.54. The molecule has 0 aliphatic carbocycles. The Morgan fingerprint density at radius 3 is 2.25 bits per heavy atom. The van der Waals surface area contributed by atoms with Crippen LogP contribution in [-0.4, -0.2) is 11.0 Å². The first-order chi connectivity index (χ1) is 7.67. The molecule has 0 saturated carbocycles. The van der Waals surface area contributed by atoms with E-state index >= 15 is 0 Å². The second kappa shape index (κ2) is 7.02. The lowest BCUT2D eigenvalue weighted by molar-refractivity contribution is 0.440. The Bertz CT molecular complexity index is 301. The van der Waals surface area contributed by atoms with Crippen molar-refractivity contribution in [1.82, 2.24) is 10.3 Å². The molecule has 16 heavy (non-hydrogen) atoms. The van der Waals surface area contributed by atoms with Crippen molar-refractivity contribution in [2.24, 2.45) is 0 Å². The van der Waals surface area contributed by atoms with E-state index in [9.17, 15) is 0 Å². The van der Waals surface area contributed by atoms with Crippen LogP contribution in [0.2, 0.25) is 0 Å². The molecule has 0 amide bonds. The smallest absolute Gasteiger partial charge is 0.0900 e. The summed E-state index contributed by atoms with van der Waals surface area (Å²) < 4.78 is 0. The number of hydrogen-bond acceptors (Lipinski definition) is 3. The van der Waals surface area contributed by atoms with Crippen LogP contribution in [0.15, 0.2) is 0 Å². The Morgan fingerprint density at radius 1 is 1.19 bits per heavy atom. The van der Waals surface area contributed by atoms with Gasteiger partial charge in [-0.3, -0.25) is 0 Å². The summed E-state index contributed by atoms with van der Waals surface area (Å²) in [5, 5.41) is 4.81. The Morgan fingerprint density at radius 2 is 1.81 bits per heavy atom. The molecule has 1 aromatic heterocycles. The Kier molecular flexibility index (Phi) is 5.99. The van der Waals surface area contributed by atoms with Gasteiger partial charge in [-0.25, -0.2) is 4.98 Å². The van der Waals surface area contributed by atoms with E-state index in [4.69, 9.17) is 0 Å². The molecule has 0 radical (unpaired) electrons. The van der Waals surface area contributed by atoms with E-state index < -0.39 is 0 Å². The zero-order valence-corrected chi connectivity index (χ0v) is 11.8. The third kappa shape index (κ3) is 4.22. The van der Waals surface area contributed by atoms with E-state index in [1.54, 1.807) is 11.3 Å². The number of hydrogen-bond donors (Lipinski definition) is 1.